The molecule has 13 heavy (non-hydrogen) atoms. The SMILES string of the molecule is NC1=CC=CC(c2cccnc2)N1. The van der Waals surface area contributed by atoms with Gasteiger partial charge >= 0.3 is 0 Å². The van der Waals surface area contributed by atoms with Crippen LogP contribution in [0.1, 0.15) is 11.6 Å². The van der Waals surface area contributed by atoms with Crippen molar-refractivity contribution in [3.63, 3.8) is 0 Å². The van der Waals surface area contributed by atoms with E-state index in [-0.39, 0.29) is 6.04 Å². The Bertz CT molecular complexity index is 340. The fraction of sp³-hybridized carbons (Fsp3) is 0.100. The summed E-state index contributed by atoms with van der Waals surface area (Å²) in [5.41, 5.74) is 6.76. The number of nitrogens with one attached hydrogen (secondary N) is 1. The molecular weight excluding hydrogens is 162 g/mol. The minimum Gasteiger partial charge on any atom is -0.386 e. The van der Waals surface area contributed by atoms with Crippen molar-refractivity contribution in [1.82, 2.24) is 10.3 Å². The van der Waals surface area contributed by atoms with E-state index in [1.165, 1.54) is 0 Å². The van der Waals surface area contributed by atoms with Crippen LogP contribution in [-0.2, 0) is 0 Å². The van der Waals surface area contributed by atoms with Gasteiger partial charge in [-0.05, 0) is 17.7 Å². The van der Waals surface area contributed by atoms with Crippen molar-refractivity contribution in [2.24, 2.45) is 5.73 Å². The molecule has 1 aromatic heterocycles. The van der Waals surface area contributed by atoms with Crippen molar-refractivity contribution in [3.8, 4) is 0 Å². The van der Waals surface area contributed by atoms with Crippen molar-refractivity contribution >= 4 is 0 Å². The molecule has 2 heterocycles. The van der Waals surface area contributed by atoms with Crippen LogP contribution in [0.3, 0.4) is 0 Å². The number of aromatic nitrogens is 1. The number of allylic oxidation sites excluding steroid dienone is 2. The molecule has 0 fully saturated rings. The minimum atomic E-state index is 0.152. The monoisotopic (exact) mass is 173 g/mol. The highest BCUT2D eigenvalue weighted by Gasteiger charge is 2.09. The number of hydrogen-bond donors (Lipinski definition) is 2. The average molecular weight is 173 g/mol. The van der Waals surface area contributed by atoms with Crippen LogP contribution in [0.25, 0.3) is 0 Å². The molecule has 0 spiro atoms. The molecule has 3 nitrogen and oxygen atoms in total. The van der Waals surface area contributed by atoms with Crippen LogP contribution in [0.15, 0.2) is 48.6 Å². The molecule has 1 aliphatic heterocycles. The summed E-state index contributed by atoms with van der Waals surface area (Å²) in [5.74, 6) is 0.691. The second-order valence-electron chi connectivity index (χ2n) is 2.92. The number of rotatable bonds is 1. The average Bonchev–Trinajstić information content (AvgIpc) is 2.19. The Balaban J connectivity index is 2.21. The zero-order chi connectivity index (χ0) is 9.10. The zero-order valence-electron chi connectivity index (χ0n) is 7.14. The van der Waals surface area contributed by atoms with Crippen molar-refractivity contribution < 1.29 is 0 Å². The summed E-state index contributed by atoms with van der Waals surface area (Å²) in [6.45, 7) is 0. The van der Waals surface area contributed by atoms with Gasteiger partial charge in [-0.1, -0.05) is 18.2 Å². The molecule has 0 saturated carbocycles. The number of dihydropyridines is 1. The van der Waals surface area contributed by atoms with Crippen LogP contribution in [0.5, 0.6) is 0 Å². The maximum Gasteiger partial charge on any atom is 0.0967 e. The van der Waals surface area contributed by atoms with Gasteiger partial charge < -0.3 is 11.1 Å². The molecule has 0 bridgehead atoms. The Labute approximate surface area is 77.0 Å². The third kappa shape index (κ3) is 1.69. The highest BCUT2D eigenvalue weighted by Crippen LogP contribution is 2.15. The first kappa shape index (κ1) is 7.86. The van der Waals surface area contributed by atoms with Crippen LogP contribution in [0.2, 0.25) is 0 Å². The number of hydrogen-bond acceptors (Lipinski definition) is 3. The molecule has 0 amide bonds. The van der Waals surface area contributed by atoms with E-state index in [1.54, 1.807) is 6.20 Å². The van der Waals surface area contributed by atoms with Crippen molar-refractivity contribution in [3.05, 3.63) is 54.1 Å². The Morgan fingerprint density at radius 2 is 2.38 bits per heavy atom. The molecule has 1 unspecified atom stereocenters. The van der Waals surface area contributed by atoms with Gasteiger partial charge in [0.25, 0.3) is 0 Å². The predicted octanol–water partition coefficient (Wildman–Crippen LogP) is 1.08. The summed E-state index contributed by atoms with van der Waals surface area (Å²) in [6, 6.07) is 4.09. The summed E-state index contributed by atoms with van der Waals surface area (Å²) in [7, 11) is 0. The zero-order valence-corrected chi connectivity index (χ0v) is 7.14. The van der Waals surface area contributed by atoms with E-state index in [0.717, 1.165) is 5.56 Å². The number of nitrogens with two attached hydrogens (primary N) is 1. The first-order valence-corrected chi connectivity index (χ1v) is 4.17. The lowest BCUT2D eigenvalue weighted by Crippen LogP contribution is -2.26. The van der Waals surface area contributed by atoms with Gasteiger partial charge in [0.1, 0.15) is 0 Å². The summed E-state index contributed by atoms with van der Waals surface area (Å²) in [4.78, 5) is 4.05. The lowest BCUT2D eigenvalue weighted by atomic mass is 10.1. The second kappa shape index (κ2) is 3.31. The van der Waals surface area contributed by atoms with Gasteiger partial charge in [-0.2, -0.15) is 0 Å². The molecule has 0 aliphatic carbocycles. The van der Waals surface area contributed by atoms with Crippen molar-refractivity contribution in [2.45, 2.75) is 6.04 Å². The van der Waals surface area contributed by atoms with E-state index in [1.807, 2.05) is 36.6 Å². The molecule has 3 N–H and O–H groups in total. The molecule has 1 aliphatic rings. The first-order chi connectivity index (χ1) is 6.36. The lowest BCUT2D eigenvalue weighted by Gasteiger charge is -2.18. The summed E-state index contributed by atoms with van der Waals surface area (Å²) < 4.78 is 0. The normalized spacial score (nSPS) is 20.6. The molecule has 2 rings (SSSR count). The first-order valence-electron chi connectivity index (χ1n) is 4.17. The third-order valence-corrected chi connectivity index (χ3v) is 1.95. The highest BCUT2D eigenvalue weighted by atomic mass is 15.0. The molecule has 3 heteroatoms. The topological polar surface area (TPSA) is 50.9 Å². The largest absolute Gasteiger partial charge is 0.386 e. The van der Waals surface area contributed by atoms with Crippen LogP contribution in [0, 0.1) is 0 Å². The Hall–Kier alpha value is -1.77. The van der Waals surface area contributed by atoms with Gasteiger partial charge in [-0.3, -0.25) is 4.98 Å². The number of nitrogens with zero attached hydrogens (tertiary/aromatic N) is 1. The van der Waals surface area contributed by atoms with Crippen LogP contribution < -0.4 is 11.1 Å². The summed E-state index contributed by atoms with van der Waals surface area (Å²) in [6.07, 6.45) is 9.43. The van der Waals surface area contributed by atoms with Gasteiger partial charge in [0, 0.05) is 12.4 Å². The summed E-state index contributed by atoms with van der Waals surface area (Å²) >= 11 is 0. The van der Waals surface area contributed by atoms with E-state index < -0.39 is 0 Å². The molecule has 0 aromatic carbocycles. The van der Waals surface area contributed by atoms with E-state index in [4.69, 9.17) is 5.73 Å². The summed E-state index contributed by atoms with van der Waals surface area (Å²) in [5, 5.41) is 3.14. The van der Waals surface area contributed by atoms with Crippen LogP contribution in [0.4, 0.5) is 0 Å². The second-order valence-corrected chi connectivity index (χ2v) is 2.92. The van der Waals surface area contributed by atoms with Crippen molar-refractivity contribution in [2.75, 3.05) is 0 Å². The Morgan fingerprint density at radius 3 is 3.08 bits per heavy atom. The van der Waals surface area contributed by atoms with Gasteiger partial charge in [0.2, 0.25) is 0 Å². The predicted molar refractivity (Wildman–Crippen MR) is 51.5 cm³/mol. The Morgan fingerprint density at radius 1 is 1.46 bits per heavy atom. The highest BCUT2D eigenvalue weighted by molar-refractivity contribution is 5.26. The van der Waals surface area contributed by atoms with Gasteiger partial charge in [-0.15, -0.1) is 0 Å². The third-order valence-electron chi connectivity index (χ3n) is 1.95. The Kier molecular flexibility index (Phi) is 2.00. The fourth-order valence-corrected chi connectivity index (χ4v) is 1.30. The van der Waals surface area contributed by atoms with Gasteiger partial charge in [0.05, 0.1) is 11.9 Å². The smallest absolute Gasteiger partial charge is 0.0967 e. The van der Waals surface area contributed by atoms with E-state index in [9.17, 15) is 0 Å². The fourth-order valence-electron chi connectivity index (χ4n) is 1.30. The molecular formula is C10H11N3. The maximum atomic E-state index is 5.64. The maximum absolute atomic E-state index is 5.64. The molecule has 1 aromatic rings. The van der Waals surface area contributed by atoms with E-state index in [2.05, 4.69) is 10.3 Å². The molecule has 66 valence electrons. The van der Waals surface area contributed by atoms with Gasteiger partial charge in [0.15, 0.2) is 0 Å². The number of pyridine rings is 1. The standard InChI is InChI=1S/C10H11N3/c11-10-5-1-4-9(13-10)8-3-2-6-12-7-8/h1-7,9,13H,11H2. The molecule has 1 atom stereocenters. The molecule has 0 radical (unpaired) electrons. The minimum absolute atomic E-state index is 0.152. The van der Waals surface area contributed by atoms with Crippen LogP contribution in [-0.4, -0.2) is 4.98 Å². The van der Waals surface area contributed by atoms with E-state index >= 15 is 0 Å². The van der Waals surface area contributed by atoms with Crippen molar-refractivity contribution in [1.29, 1.82) is 0 Å². The van der Waals surface area contributed by atoms with E-state index in [0.29, 0.717) is 5.82 Å². The van der Waals surface area contributed by atoms with Gasteiger partial charge in [-0.25, -0.2) is 0 Å². The quantitative estimate of drug-likeness (QED) is 0.668. The lowest BCUT2D eigenvalue weighted by molar-refractivity contribution is 0.693. The van der Waals surface area contributed by atoms with Crippen LogP contribution >= 0.6 is 0 Å². The molecule has 0 saturated heterocycles.